The van der Waals surface area contributed by atoms with Crippen LogP contribution in [0.3, 0.4) is 0 Å². The fourth-order valence-electron chi connectivity index (χ4n) is 1.61. The Kier molecular flexibility index (Phi) is 5.10. The number of methoxy groups -OCH3 is 2. The molecule has 1 rings (SSSR count). The summed E-state index contributed by atoms with van der Waals surface area (Å²) in [5, 5.41) is 9.12. The van der Waals surface area contributed by atoms with Crippen molar-refractivity contribution in [1.82, 2.24) is 0 Å². The molecule has 5 heteroatoms. The van der Waals surface area contributed by atoms with Crippen molar-refractivity contribution in [2.75, 3.05) is 20.1 Å². The summed E-state index contributed by atoms with van der Waals surface area (Å²) in [6.07, 6.45) is 0.381. The molecule has 1 aromatic rings. The number of carbonyl (C=O) groups is 1. The van der Waals surface area contributed by atoms with Crippen LogP contribution >= 0.6 is 11.6 Å². The number of aliphatic carboxylic acids is 1. The summed E-state index contributed by atoms with van der Waals surface area (Å²) in [6.45, 7) is 0. The predicted molar refractivity (Wildman–Crippen MR) is 65.3 cm³/mol. The van der Waals surface area contributed by atoms with Crippen molar-refractivity contribution in [1.29, 1.82) is 0 Å². The summed E-state index contributed by atoms with van der Waals surface area (Å²) in [4.78, 5) is 11.1. The molecular weight excluding hydrogens is 244 g/mol. The van der Waals surface area contributed by atoms with Crippen LogP contribution in [-0.4, -0.2) is 31.2 Å². The Bertz CT molecular complexity index is 392. The van der Waals surface area contributed by atoms with E-state index < -0.39 is 11.9 Å². The van der Waals surface area contributed by atoms with Crippen molar-refractivity contribution in [2.45, 2.75) is 12.3 Å². The molecule has 0 spiro atoms. The zero-order valence-electron chi connectivity index (χ0n) is 9.77. The van der Waals surface area contributed by atoms with E-state index in [2.05, 4.69) is 0 Å². The lowest BCUT2D eigenvalue weighted by atomic mass is 9.96. The maximum Gasteiger partial charge on any atom is 0.311 e. The zero-order valence-corrected chi connectivity index (χ0v) is 10.5. The lowest BCUT2D eigenvalue weighted by Crippen LogP contribution is -2.12. The number of carboxylic acid groups (broad SMARTS) is 1. The number of carboxylic acids is 1. The minimum Gasteiger partial charge on any atom is -0.493 e. The second-order valence-electron chi connectivity index (χ2n) is 3.48. The molecule has 0 bridgehead atoms. The topological polar surface area (TPSA) is 55.8 Å². The Morgan fingerprint density at radius 1 is 1.35 bits per heavy atom. The first kappa shape index (κ1) is 13.6. The van der Waals surface area contributed by atoms with Crippen molar-refractivity contribution in [3.63, 3.8) is 0 Å². The Morgan fingerprint density at radius 2 is 2.00 bits per heavy atom. The van der Waals surface area contributed by atoms with E-state index in [1.807, 2.05) is 0 Å². The van der Waals surface area contributed by atoms with Gasteiger partial charge in [0.05, 0.1) is 20.1 Å². The maximum absolute atomic E-state index is 11.1. The van der Waals surface area contributed by atoms with Gasteiger partial charge in [0.2, 0.25) is 0 Å². The van der Waals surface area contributed by atoms with Gasteiger partial charge in [0, 0.05) is 5.88 Å². The van der Waals surface area contributed by atoms with Crippen LogP contribution in [0.2, 0.25) is 0 Å². The van der Waals surface area contributed by atoms with Crippen LogP contribution in [0, 0.1) is 0 Å². The van der Waals surface area contributed by atoms with Gasteiger partial charge in [-0.1, -0.05) is 6.07 Å². The molecule has 0 heterocycles. The molecule has 94 valence electrons. The molecule has 0 aromatic heterocycles. The van der Waals surface area contributed by atoms with Crippen LogP contribution in [0.5, 0.6) is 11.5 Å². The van der Waals surface area contributed by atoms with Gasteiger partial charge in [-0.05, 0) is 24.1 Å². The molecule has 1 N–H and O–H groups in total. The van der Waals surface area contributed by atoms with Crippen molar-refractivity contribution in [3.8, 4) is 11.5 Å². The second-order valence-corrected chi connectivity index (χ2v) is 3.86. The number of halogens is 1. The summed E-state index contributed by atoms with van der Waals surface area (Å²) in [5.41, 5.74) is 0.663. The zero-order chi connectivity index (χ0) is 12.8. The van der Waals surface area contributed by atoms with Crippen LogP contribution in [0.1, 0.15) is 17.9 Å². The van der Waals surface area contributed by atoms with Crippen LogP contribution in [0.4, 0.5) is 0 Å². The number of ether oxygens (including phenoxy) is 2. The van der Waals surface area contributed by atoms with E-state index >= 15 is 0 Å². The van der Waals surface area contributed by atoms with Gasteiger partial charge in [-0.25, -0.2) is 0 Å². The molecule has 1 unspecified atom stereocenters. The summed E-state index contributed by atoms with van der Waals surface area (Å²) in [6, 6.07) is 5.08. The average molecular weight is 259 g/mol. The van der Waals surface area contributed by atoms with Gasteiger partial charge in [0.15, 0.2) is 11.5 Å². The standard InChI is InChI=1S/C12H15ClO4/c1-16-10-4-3-8(7-11(10)17-2)9(5-6-13)12(14)15/h3-4,7,9H,5-6H2,1-2H3,(H,14,15). The van der Waals surface area contributed by atoms with E-state index in [9.17, 15) is 4.79 Å². The maximum atomic E-state index is 11.1. The Labute approximate surface area is 105 Å². The highest BCUT2D eigenvalue weighted by atomic mass is 35.5. The first-order valence-electron chi connectivity index (χ1n) is 5.14. The van der Waals surface area contributed by atoms with E-state index in [0.717, 1.165) is 0 Å². The molecule has 0 saturated heterocycles. The molecule has 1 atom stereocenters. The monoisotopic (exact) mass is 258 g/mol. The summed E-state index contributed by atoms with van der Waals surface area (Å²) in [7, 11) is 3.05. The molecular formula is C12H15ClO4. The second kappa shape index (κ2) is 6.35. The van der Waals surface area contributed by atoms with Crippen molar-refractivity contribution < 1.29 is 19.4 Å². The van der Waals surface area contributed by atoms with E-state index in [4.69, 9.17) is 26.2 Å². The van der Waals surface area contributed by atoms with Gasteiger partial charge in [0.25, 0.3) is 0 Å². The number of hydrogen-bond donors (Lipinski definition) is 1. The minimum atomic E-state index is -0.891. The molecule has 0 aliphatic carbocycles. The molecule has 17 heavy (non-hydrogen) atoms. The third-order valence-electron chi connectivity index (χ3n) is 2.51. The first-order chi connectivity index (χ1) is 8.13. The molecule has 1 aromatic carbocycles. The van der Waals surface area contributed by atoms with Crippen LogP contribution in [-0.2, 0) is 4.79 Å². The van der Waals surface area contributed by atoms with E-state index in [1.165, 1.54) is 14.2 Å². The predicted octanol–water partition coefficient (Wildman–Crippen LogP) is 2.50. The number of hydrogen-bond acceptors (Lipinski definition) is 3. The lowest BCUT2D eigenvalue weighted by Gasteiger charge is -2.14. The summed E-state index contributed by atoms with van der Waals surface area (Å²) >= 11 is 5.60. The Balaban J connectivity index is 3.08. The smallest absolute Gasteiger partial charge is 0.311 e. The normalized spacial score (nSPS) is 11.9. The molecule has 0 saturated carbocycles. The van der Waals surface area contributed by atoms with Gasteiger partial charge in [-0.3, -0.25) is 4.79 Å². The molecule has 0 radical (unpaired) electrons. The van der Waals surface area contributed by atoms with E-state index in [0.29, 0.717) is 29.4 Å². The minimum absolute atomic E-state index is 0.297. The van der Waals surface area contributed by atoms with Gasteiger partial charge >= 0.3 is 5.97 Å². The number of alkyl halides is 1. The SMILES string of the molecule is COc1ccc(C(CCCl)C(=O)O)cc1OC. The summed E-state index contributed by atoms with van der Waals surface area (Å²) in [5.74, 6) is -0.118. The lowest BCUT2D eigenvalue weighted by molar-refractivity contribution is -0.138. The highest BCUT2D eigenvalue weighted by Gasteiger charge is 2.20. The quantitative estimate of drug-likeness (QED) is 0.797. The average Bonchev–Trinajstić information content (AvgIpc) is 2.34. The molecule has 4 nitrogen and oxygen atoms in total. The largest absolute Gasteiger partial charge is 0.493 e. The molecule has 0 aliphatic heterocycles. The molecule has 0 fully saturated rings. The number of rotatable bonds is 6. The Hall–Kier alpha value is -1.42. The van der Waals surface area contributed by atoms with Gasteiger partial charge in [0.1, 0.15) is 0 Å². The van der Waals surface area contributed by atoms with E-state index in [-0.39, 0.29) is 0 Å². The highest BCUT2D eigenvalue weighted by Crippen LogP contribution is 2.31. The third-order valence-corrected chi connectivity index (χ3v) is 2.72. The van der Waals surface area contributed by atoms with Crippen LogP contribution in [0.15, 0.2) is 18.2 Å². The third kappa shape index (κ3) is 3.27. The van der Waals surface area contributed by atoms with Crippen LogP contribution in [0.25, 0.3) is 0 Å². The van der Waals surface area contributed by atoms with Crippen molar-refractivity contribution in [2.24, 2.45) is 0 Å². The van der Waals surface area contributed by atoms with Crippen molar-refractivity contribution >= 4 is 17.6 Å². The highest BCUT2D eigenvalue weighted by molar-refractivity contribution is 6.18. The first-order valence-corrected chi connectivity index (χ1v) is 5.68. The number of benzene rings is 1. The van der Waals surface area contributed by atoms with Gasteiger partial charge < -0.3 is 14.6 Å². The summed E-state index contributed by atoms with van der Waals surface area (Å²) < 4.78 is 10.2. The Morgan fingerprint density at radius 3 is 2.47 bits per heavy atom. The van der Waals surface area contributed by atoms with Gasteiger partial charge in [-0.2, -0.15) is 0 Å². The van der Waals surface area contributed by atoms with Gasteiger partial charge in [-0.15, -0.1) is 11.6 Å². The molecule has 0 amide bonds. The fraction of sp³-hybridized carbons (Fsp3) is 0.417. The van der Waals surface area contributed by atoms with E-state index in [1.54, 1.807) is 18.2 Å². The van der Waals surface area contributed by atoms with Crippen LogP contribution < -0.4 is 9.47 Å². The fourth-order valence-corrected chi connectivity index (χ4v) is 1.83. The van der Waals surface area contributed by atoms with Crippen molar-refractivity contribution in [3.05, 3.63) is 23.8 Å². The molecule has 0 aliphatic rings.